The third kappa shape index (κ3) is 2.79. The minimum absolute atomic E-state index is 0.612. The summed E-state index contributed by atoms with van der Waals surface area (Å²) in [5.41, 5.74) is 3.27. The fourth-order valence-corrected chi connectivity index (χ4v) is 2.24. The number of aryl methyl sites for hydroxylation is 1. The molecule has 4 nitrogen and oxygen atoms in total. The lowest BCUT2D eigenvalue weighted by atomic mass is 10.1. The quantitative estimate of drug-likeness (QED) is 0.758. The molecule has 0 saturated carbocycles. The maximum atomic E-state index is 4.52. The van der Waals surface area contributed by atoms with Crippen molar-refractivity contribution in [3.63, 3.8) is 0 Å². The predicted molar refractivity (Wildman–Crippen MR) is 88.2 cm³/mol. The highest BCUT2D eigenvalue weighted by Crippen LogP contribution is 2.25. The third-order valence-electron chi connectivity index (χ3n) is 3.45. The van der Waals surface area contributed by atoms with E-state index in [9.17, 15) is 0 Å². The molecule has 0 atom stereocenters. The molecule has 4 heteroatoms. The predicted octanol–water partition coefficient (Wildman–Crippen LogP) is 3.98. The van der Waals surface area contributed by atoms with Gasteiger partial charge in [0.05, 0.1) is 5.52 Å². The van der Waals surface area contributed by atoms with Crippen LogP contribution >= 0.6 is 0 Å². The Morgan fingerprint density at radius 2 is 1.71 bits per heavy atom. The minimum Gasteiger partial charge on any atom is -0.357 e. The summed E-state index contributed by atoms with van der Waals surface area (Å²) >= 11 is 0. The molecule has 0 aliphatic heterocycles. The van der Waals surface area contributed by atoms with Gasteiger partial charge in [0.2, 0.25) is 5.95 Å². The molecule has 3 rings (SSSR count). The van der Waals surface area contributed by atoms with Crippen molar-refractivity contribution in [2.75, 3.05) is 17.7 Å². The van der Waals surface area contributed by atoms with E-state index in [1.54, 1.807) is 0 Å². The molecule has 0 fully saturated rings. The topological polar surface area (TPSA) is 49.8 Å². The molecule has 0 unspecified atom stereocenters. The van der Waals surface area contributed by atoms with Crippen molar-refractivity contribution in [1.29, 1.82) is 0 Å². The number of benzene rings is 2. The Morgan fingerprint density at radius 1 is 0.952 bits per heavy atom. The van der Waals surface area contributed by atoms with E-state index in [1.807, 2.05) is 31.3 Å². The number of nitrogens with one attached hydrogen (secondary N) is 2. The molecular weight excluding hydrogens is 260 g/mol. The minimum atomic E-state index is 0.612. The van der Waals surface area contributed by atoms with Crippen molar-refractivity contribution in [2.24, 2.45) is 0 Å². The van der Waals surface area contributed by atoms with Crippen LogP contribution in [0.25, 0.3) is 10.9 Å². The zero-order chi connectivity index (χ0) is 14.7. The molecule has 2 aromatic carbocycles. The van der Waals surface area contributed by atoms with Gasteiger partial charge in [-0.2, -0.15) is 4.98 Å². The normalized spacial score (nSPS) is 10.6. The zero-order valence-corrected chi connectivity index (χ0v) is 12.2. The van der Waals surface area contributed by atoms with Crippen LogP contribution in [0, 0.1) is 0 Å². The molecule has 21 heavy (non-hydrogen) atoms. The first-order chi connectivity index (χ1) is 10.3. The van der Waals surface area contributed by atoms with Gasteiger partial charge in [-0.25, -0.2) is 4.98 Å². The van der Waals surface area contributed by atoms with Crippen molar-refractivity contribution in [1.82, 2.24) is 9.97 Å². The van der Waals surface area contributed by atoms with Crippen LogP contribution in [0.5, 0.6) is 0 Å². The molecule has 0 aliphatic rings. The first-order valence-electron chi connectivity index (χ1n) is 7.10. The maximum absolute atomic E-state index is 4.52. The van der Waals surface area contributed by atoms with Crippen LogP contribution in [0.3, 0.4) is 0 Å². The lowest BCUT2D eigenvalue weighted by Gasteiger charge is -2.11. The lowest BCUT2D eigenvalue weighted by Crippen LogP contribution is -2.01. The number of anilines is 3. The number of para-hydroxylation sites is 1. The highest BCUT2D eigenvalue weighted by molar-refractivity contribution is 5.91. The van der Waals surface area contributed by atoms with Gasteiger partial charge in [0, 0.05) is 18.1 Å². The van der Waals surface area contributed by atoms with Gasteiger partial charge < -0.3 is 10.6 Å². The molecule has 0 radical (unpaired) electrons. The van der Waals surface area contributed by atoms with Crippen molar-refractivity contribution >= 4 is 28.4 Å². The molecule has 0 saturated heterocycles. The first-order valence-corrected chi connectivity index (χ1v) is 7.10. The van der Waals surface area contributed by atoms with Crippen molar-refractivity contribution < 1.29 is 0 Å². The van der Waals surface area contributed by atoms with Crippen LogP contribution in [0.15, 0.2) is 48.5 Å². The van der Waals surface area contributed by atoms with E-state index in [0.717, 1.165) is 28.8 Å². The Bertz CT molecular complexity index is 750. The van der Waals surface area contributed by atoms with Gasteiger partial charge in [-0.3, -0.25) is 0 Å². The summed E-state index contributed by atoms with van der Waals surface area (Å²) in [5, 5.41) is 7.39. The van der Waals surface area contributed by atoms with Gasteiger partial charge >= 0.3 is 0 Å². The molecule has 106 valence electrons. The van der Waals surface area contributed by atoms with E-state index in [0.29, 0.717) is 5.95 Å². The summed E-state index contributed by atoms with van der Waals surface area (Å²) in [4.78, 5) is 8.99. The number of hydrogen-bond acceptors (Lipinski definition) is 4. The molecule has 0 amide bonds. The van der Waals surface area contributed by atoms with Gasteiger partial charge in [-0.05, 0) is 36.2 Å². The van der Waals surface area contributed by atoms with Gasteiger partial charge in [0.25, 0.3) is 0 Å². The number of fused-ring (bicyclic) bond motifs is 1. The van der Waals surface area contributed by atoms with Gasteiger partial charge in [-0.1, -0.05) is 31.2 Å². The molecule has 0 bridgehead atoms. The summed E-state index contributed by atoms with van der Waals surface area (Å²) in [6.45, 7) is 2.15. The van der Waals surface area contributed by atoms with Crippen LogP contribution in [-0.2, 0) is 6.42 Å². The standard InChI is InChI=1S/C17H18N4/c1-3-12-8-10-13(11-9-12)19-16-14-6-4-5-7-15(14)20-17(18-2)21-16/h4-11H,3H2,1-2H3,(H2,18,19,20,21). The fraction of sp³-hybridized carbons (Fsp3) is 0.176. The molecular formula is C17H18N4. The Labute approximate surface area is 124 Å². The van der Waals surface area contributed by atoms with Crippen LogP contribution in [-0.4, -0.2) is 17.0 Å². The lowest BCUT2D eigenvalue weighted by molar-refractivity contribution is 1.14. The van der Waals surface area contributed by atoms with Crippen LogP contribution < -0.4 is 10.6 Å². The Hall–Kier alpha value is -2.62. The number of nitrogens with zero attached hydrogens (tertiary/aromatic N) is 2. The van der Waals surface area contributed by atoms with Crippen molar-refractivity contribution in [3.05, 3.63) is 54.1 Å². The van der Waals surface area contributed by atoms with Crippen molar-refractivity contribution in [3.8, 4) is 0 Å². The monoisotopic (exact) mass is 278 g/mol. The number of aromatic nitrogens is 2. The fourth-order valence-electron chi connectivity index (χ4n) is 2.24. The van der Waals surface area contributed by atoms with Crippen molar-refractivity contribution in [2.45, 2.75) is 13.3 Å². The van der Waals surface area contributed by atoms with Crippen LogP contribution in [0.4, 0.5) is 17.5 Å². The summed E-state index contributed by atoms with van der Waals surface area (Å²) in [6.07, 6.45) is 1.04. The second kappa shape index (κ2) is 5.79. The van der Waals surface area contributed by atoms with E-state index in [1.165, 1.54) is 5.56 Å². The van der Waals surface area contributed by atoms with E-state index < -0.39 is 0 Å². The highest BCUT2D eigenvalue weighted by atomic mass is 15.1. The smallest absolute Gasteiger partial charge is 0.224 e. The van der Waals surface area contributed by atoms with E-state index in [4.69, 9.17) is 0 Å². The maximum Gasteiger partial charge on any atom is 0.224 e. The van der Waals surface area contributed by atoms with Crippen LogP contribution in [0.1, 0.15) is 12.5 Å². The Balaban J connectivity index is 2.01. The Morgan fingerprint density at radius 3 is 2.43 bits per heavy atom. The molecule has 0 aliphatic carbocycles. The second-order valence-electron chi connectivity index (χ2n) is 4.84. The van der Waals surface area contributed by atoms with E-state index in [2.05, 4.69) is 51.8 Å². The molecule has 1 heterocycles. The highest BCUT2D eigenvalue weighted by Gasteiger charge is 2.06. The second-order valence-corrected chi connectivity index (χ2v) is 4.84. The average Bonchev–Trinajstić information content (AvgIpc) is 2.55. The van der Waals surface area contributed by atoms with Gasteiger partial charge in [0.15, 0.2) is 0 Å². The molecule has 3 aromatic rings. The number of hydrogen-bond donors (Lipinski definition) is 2. The summed E-state index contributed by atoms with van der Waals surface area (Å²) < 4.78 is 0. The zero-order valence-electron chi connectivity index (χ0n) is 12.2. The molecule has 0 spiro atoms. The SMILES string of the molecule is CCc1ccc(Nc2nc(NC)nc3ccccc23)cc1. The average molecular weight is 278 g/mol. The molecule has 1 aromatic heterocycles. The Kier molecular flexibility index (Phi) is 3.69. The van der Waals surface area contributed by atoms with Gasteiger partial charge in [0.1, 0.15) is 5.82 Å². The van der Waals surface area contributed by atoms with E-state index >= 15 is 0 Å². The summed E-state index contributed by atoms with van der Waals surface area (Å²) in [5.74, 6) is 1.43. The van der Waals surface area contributed by atoms with Crippen LogP contribution in [0.2, 0.25) is 0 Å². The summed E-state index contributed by atoms with van der Waals surface area (Å²) in [7, 11) is 1.82. The first kappa shape index (κ1) is 13.4. The number of rotatable bonds is 4. The largest absolute Gasteiger partial charge is 0.357 e. The molecule has 2 N–H and O–H groups in total. The van der Waals surface area contributed by atoms with Gasteiger partial charge in [-0.15, -0.1) is 0 Å². The summed E-state index contributed by atoms with van der Waals surface area (Å²) in [6, 6.07) is 16.4. The third-order valence-corrected chi connectivity index (χ3v) is 3.45. The van der Waals surface area contributed by atoms with E-state index in [-0.39, 0.29) is 0 Å².